The van der Waals surface area contributed by atoms with E-state index in [4.69, 9.17) is 4.74 Å². The maximum absolute atomic E-state index is 13.1. The van der Waals surface area contributed by atoms with Crippen LogP contribution < -0.4 is 0 Å². The number of esters is 1. The van der Waals surface area contributed by atoms with Crippen molar-refractivity contribution in [2.24, 2.45) is 0 Å². The predicted molar refractivity (Wildman–Crippen MR) is 100 cm³/mol. The highest BCUT2D eigenvalue weighted by Gasteiger charge is 2.48. The summed E-state index contributed by atoms with van der Waals surface area (Å²) < 4.78 is 5.79. The predicted octanol–water partition coefficient (Wildman–Crippen LogP) is 3.54. The van der Waals surface area contributed by atoms with Crippen LogP contribution in [0, 0.1) is 0 Å². The van der Waals surface area contributed by atoms with E-state index in [2.05, 4.69) is 4.98 Å². The zero-order valence-corrected chi connectivity index (χ0v) is 14.7. The molecule has 5 heteroatoms. The highest BCUT2D eigenvalue weighted by atomic mass is 16.6. The van der Waals surface area contributed by atoms with Crippen molar-refractivity contribution in [3.05, 3.63) is 77.5 Å². The van der Waals surface area contributed by atoms with Gasteiger partial charge in [0.2, 0.25) is 0 Å². The Kier molecular flexibility index (Phi) is 3.50. The maximum Gasteiger partial charge on any atom is 0.339 e. The number of hydrogen-bond acceptors (Lipinski definition) is 4. The van der Waals surface area contributed by atoms with E-state index in [0.29, 0.717) is 24.3 Å². The van der Waals surface area contributed by atoms with E-state index >= 15 is 0 Å². The van der Waals surface area contributed by atoms with Gasteiger partial charge in [0.1, 0.15) is 5.69 Å². The molecule has 1 amide bonds. The van der Waals surface area contributed by atoms with Gasteiger partial charge in [-0.15, -0.1) is 0 Å². The Morgan fingerprint density at radius 3 is 2.78 bits per heavy atom. The summed E-state index contributed by atoms with van der Waals surface area (Å²) in [5, 5.41) is 1.00. The lowest BCUT2D eigenvalue weighted by Gasteiger charge is -2.39. The number of rotatable bonds is 1. The molecule has 0 radical (unpaired) electrons. The summed E-state index contributed by atoms with van der Waals surface area (Å²) in [5.41, 5.74) is 1.98. The molecule has 3 aromatic rings. The van der Waals surface area contributed by atoms with Crippen LogP contribution in [-0.2, 0) is 10.3 Å². The number of amides is 1. The summed E-state index contributed by atoms with van der Waals surface area (Å²) in [6.07, 6.45) is 1.51. The first-order chi connectivity index (χ1) is 13.2. The average Bonchev–Trinajstić information content (AvgIpc) is 2.98. The number of benzene rings is 2. The topological polar surface area (TPSA) is 59.5 Å². The fourth-order valence-corrected chi connectivity index (χ4v) is 4.19. The molecule has 2 aromatic carbocycles. The second kappa shape index (κ2) is 5.91. The van der Waals surface area contributed by atoms with E-state index in [9.17, 15) is 9.59 Å². The van der Waals surface area contributed by atoms with Crippen molar-refractivity contribution in [2.45, 2.75) is 18.4 Å². The van der Waals surface area contributed by atoms with Crippen LogP contribution in [0.2, 0.25) is 0 Å². The van der Waals surface area contributed by atoms with E-state index in [1.165, 1.54) is 0 Å². The molecule has 0 aliphatic carbocycles. The van der Waals surface area contributed by atoms with Gasteiger partial charge in [0.25, 0.3) is 5.91 Å². The molecule has 2 aliphatic heterocycles. The summed E-state index contributed by atoms with van der Waals surface area (Å²) >= 11 is 0. The number of likely N-dealkylation sites (tertiary alicyclic amines) is 1. The number of nitrogens with zero attached hydrogens (tertiary/aromatic N) is 2. The molecule has 0 saturated carbocycles. The Morgan fingerprint density at radius 1 is 1.04 bits per heavy atom. The Balaban J connectivity index is 1.47. The Bertz CT molecular complexity index is 1080. The Hall–Kier alpha value is -3.21. The first-order valence-corrected chi connectivity index (χ1v) is 9.14. The van der Waals surface area contributed by atoms with Gasteiger partial charge in [-0.3, -0.25) is 4.79 Å². The molecule has 0 bridgehead atoms. The molecule has 1 spiro atoms. The third-order valence-corrected chi connectivity index (χ3v) is 5.49. The molecule has 1 fully saturated rings. The van der Waals surface area contributed by atoms with Gasteiger partial charge >= 0.3 is 5.97 Å². The quantitative estimate of drug-likeness (QED) is 0.625. The minimum absolute atomic E-state index is 0.125. The normalized spacial score (nSPS) is 21.3. The van der Waals surface area contributed by atoms with Gasteiger partial charge in [0.05, 0.1) is 17.6 Å². The second-order valence-electron chi connectivity index (χ2n) is 7.15. The molecular weight excluding hydrogens is 340 g/mol. The lowest BCUT2D eigenvalue weighted by atomic mass is 9.85. The zero-order valence-electron chi connectivity index (χ0n) is 14.7. The molecule has 2 aliphatic rings. The summed E-state index contributed by atoms with van der Waals surface area (Å²) in [6.45, 7) is 0.998. The molecule has 1 unspecified atom stereocenters. The van der Waals surface area contributed by atoms with Crippen LogP contribution in [-0.4, -0.2) is 34.8 Å². The van der Waals surface area contributed by atoms with Crippen LogP contribution in [0.4, 0.5) is 0 Å². The van der Waals surface area contributed by atoms with Gasteiger partial charge in [-0.25, -0.2) is 9.78 Å². The summed E-state index contributed by atoms with van der Waals surface area (Å²) in [5.74, 6) is -0.427. The summed E-state index contributed by atoms with van der Waals surface area (Å²) in [7, 11) is 0. The first-order valence-electron chi connectivity index (χ1n) is 9.14. The molecule has 1 aromatic heterocycles. The van der Waals surface area contributed by atoms with Crippen molar-refractivity contribution in [2.75, 3.05) is 13.1 Å². The van der Waals surface area contributed by atoms with Crippen LogP contribution in [0.5, 0.6) is 0 Å². The van der Waals surface area contributed by atoms with E-state index in [-0.39, 0.29) is 11.9 Å². The van der Waals surface area contributed by atoms with Crippen molar-refractivity contribution < 1.29 is 14.3 Å². The van der Waals surface area contributed by atoms with Gasteiger partial charge in [0, 0.05) is 17.5 Å². The number of piperidine rings is 1. The van der Waals surface area contributed by atoms with Crippen molar-refractivity contribution in [3.8, 4) is 0 Å². The Labute approximate surface area is 156 Å². The van der Waals surface area contributed by atoms with E-state index in [1.54, 1.807) is 17.0 Å². The van der Waals surface area contributed by atoms with E-state index in [1.807, 2.05) is 48.5 Å². The standard InChI is InChI=1S/C22H18N2O3/c25-20(19-11-10-15-6-1-4-9-18(15)23-19)24-13-5-12-22(14-24)17-8-3-2-7-16(17)21(26)27-22/h1-4,6-11H,5,12-14H2. The number of pyridine rings is 1. The smallest absolute Gasteiger partial charge is 0.339 e. The molecule has 1 atom stereocenters. The third kappa shape index (κ3) is 2.50. The fourth-order valence-electron chi connectivity index (χ4n) is 4.19. The molecule has 3 heterocycles. The third-order valence-electron chi connectivity index (χ3n) is 5.49. The number of fused-ring (bicyclic) bond motifs is 3. The van der Waals surface area contributed by atoms with Gasteiger partial charge in [-0.05, 0) is 31.0 Å². The van der Waals surface area contributed by atoms with Gasteiger partial charge in [0.15, 0.2) is 5.60 Å². The SMILES string of the molecule is O=C1OC2(CCCN(C(=O)c3ccc4ccccc4n3)C2)c2ccccc21. The van der Waals surface area contributed by atoms with Crippen LogP contribution in [0.25, 0.3) is 10.9 Å². The number of ether oxygens (including phenoxy) is 1. The molecular formula is C22H18N2O3. The van der Waals surface area contributed by atoms with Gasteiger partial charge < -0.3 is 9.64 Å². The average molecular weight is 358 g/mol. The monoisotopic (exact) mass is 358 g/mol. The van der Waals surface area contributed by atoms with Crippen molar-refractivity contribution in [1.29, 1.82) is 0 Å². The molecule has 1 saturated heterocycles. The lowest BCUT2D eigenvalue weighted by molar-refractivity contribution is -0.0443. The van der Waals surface area contributed by atoms with Crippen LogP contribution in [0.1, 0.15) is 39.3 Å². The number of carbonyl (C=O) groups is 2. The number of carbonyl (C=O) groups excluding carboxylic acids is 2. The minimum atomic E-state index is -0.738. The minimum Gasteiger partial charge on any atom is -0.449 e. The van der Waals surface area contributed by atoms with Crippen molar-refractivity contribution in [1.82, 2.24) is 9.88 Å². The fraction of sp³-hybridized carbons (Fsp3) is 0.227. The largest absolute Gasteiger partial charge is 0.449 e. The number of para-hydroxylation sites is 1. The number of aromatic nitrogens is 1. The zero-order chi connectivity index (χ0) is 18.4. The Morgan fingerprint density at radius 2 is 1.85 bits per heavy atom. The van der Waals surface area contributed by atoms with Crippen LogP contribution in [0.3, 0.4) is 0 Å². The van der Waals surface area contributed by atoms with Gasteiger partial charge in [-0.2, -0.15) is 0 Å². The molecule has 134 valence electrons. The van der Waals surface area contributed by atoms with Crippen molar-refractivity contribution >= 4 is 22.8 Å². The van der Waals surface area contributed by atoms with Crippen LogP contribution in [0.15, 0.2) is 60.7 Å². The maximum atomic E-state index is 13.1. The highest BCUT2D eigenvalue weighted by Crippen LogP contribution is 2.42. The van der Waals surface area contributed by atoms with E-state index in [0.717, 1.165) is 29.3 Å². The summed E-state index contributed by atoms with van der Waals surface area (Å²) in [6, 6.07) is 18.9. The first kappa shape index (κ1) is 16.0. The van der Waals surface area contributed by atoms with Crippen molar-refractivity contribution in [3.63, 3.8) is 0 Å². The number of hydrogen-bond donors (Lipinski definition) is 0. The van der Waals surface area contributed by atoms with E-state index < -0.39 is 5.60 Å². The lowest BCUT2D eigenvalue weighted by Crippen LogP contribution is -2.48. The van der Waals surface area contributed by atoms with Gasteiger partial charge in [-0.1, -0.05) is 42.5 Å². The summed E-state index contributed by atoms with van der Waals surface area (Å²) in [4.78, 5) is 31.7. The van der Waals surface area contributed by atoms with Crippen LogP contribution >= 0.6 is 0 Å². The molecule has 5 rings (SSSR count). The molecule has 27 heavy (non-hydrogen) atoms. The second-order valence-corrected chi connectivity index (χ2v) is 7.15. The molecule has 5 nitrogen and oxygen atoms in total. The molecule has 0 N–H and O–H groups in total. The highest BCUT2D eigenvalue weighted by molar-refractivity contribution is 5.96.